The SMILES string of the molecule is Cc1ccc(SC=CC(=Nc2ccccc2)c2ccccc2)c(C)c1. The molecule has 124 valence electrons. The molecule has 3 rings (SSSR count). The standard InChI is InChI=1S/C23H21NS/c1-18-13-14-23(19(2)17-18)25-16-15-22(20-9-5-3-6-10-20)24-21-11-7-4-8-12-21/h3-17H,1-2H3. The average Bonchev–Trinajstić information content (AvgIpc) is 2.64. The molecule has 1 nitrogen and oxygen atoms in total. The second-order valence-corrected chi connectivity index (χ2v) is 6.84. The number of hydrogen-bond donors (Lipinski definition) is 0. The lowest BCUT2D eigenvalue weighted by Gasteiger charge is -2.05. The van der Waals surface area contributed by atoms with E-state index < -0.39 is 0 Å². The summed E-state index contributed by atoms with van der Waals surface area (Å²) in [6.07, 6.45) is 2.09. The van der Waals surface area contributed by atoms with Gasteiger partial charge in [-0.05, 0) is 49.1 Å². The molecule has 3 aromatic rings. The van der Waals surface area contributed by atoms with Crippen LogP contribution in [-0.2, 0) is 0 Å². The minimum Gasteiger partial charge on any atom is -0.248 e. The van der Waals surface area contributed by atoms with Crippen molar-refractivity contribution in [3.05, 3.63) is 107 Å². The molecule has 25 heavy (non-hydrogen) atoms. The molecule has 3 aromatic carbocycles. The van der Waals surface area contributed by atoms with E-state index in [-0.39, 0.29) is 0 Å². The molecule has 0 aliphatic rings. The van der Waals surface area contributed by atoms with Gasteiger partial charge in [-0.1, -0.05) is 78.0 Å². The lowest BCUT2D eigenvalue weighted by atomic mass is 10.1. The van der Waals surface area contributed by atoms with Gasteiger partial charge in [-0.3, -0.25) is 0 Å². The number of nitrogens with zero attached hydrogens (tertiary/aromatic N) is 1. The monoisotopic (exact) mass is 343 g/mol. The Bertz CT molecular complexity index is 880. The van der Waals surface area contributed by atoms with Crippen molar-refractivity contribution >= 4 is 23.2 Å². The molecule has 0 bridgehead atoms. The van der Waals surface area contributed by atoms with Crippen LogP contribution in [0.2, 0.25) is 0 Å². The molecule has 0 heterocycles. The highest BCUT2D eigenvalue weighted by molar-refractivity contribution is 8.02. The number of aryl methyl sites for hydroxylation is 2. The Morgan fingerprint density at radius 2 is 1.52 bits per heavy atom. The van der Waals surface area contributed by atoms with E-state index in [1.165, 1.54) is 16.0 Å². The van der Waals surface area contributed by atoms with Gasteiger partial charge in [0.05, 0.1) is 11.4 Å². The van der Waals surface area contributed by atoms with Gasteiger partial charge < -0.3 is 0 Å². The molecule has 0 amide bonds. The maximum Gasteiger partial charge on any atom is 0.0714 e. The van der Waals surface area contributed by atoms with Gasteiger partial charge in [0, 0.05) is 10.5 Å². The third-order valence-electron chi connectivity index (χ3n) is 3.83. The number of thioether (sulfide) groups is 1. The van der Waals surface area contributed by atoms with Gasteiger partial charge in [0.15, 0.2) is 0 Å². The first-order valence-corrected chi connectivity index (χ1v) is 9.20. The van der Waals surface area contributed by atoms with E-state index in [1.807, 2.05) is 48.5 Å². The van der Waals surface area contributed by atoms with Crippen molar-refractivity contribution in [2.24, 2.45) is 4.99 Å². The number of hydrogen-bond acceptors (Lipinski definition) is 2. The Morgan fingerprint density at radius 3 is 2.20 bits per heavy atom. The van der Waals surface area contributed by atoms with Crippen molar-refractivity contribution in [3.63, 3.8) is 0 Å². The molecular weight excluding hydrogens is 322 g/mol. The summed E-state index contributed by atoms with van der Waals surface area (Å²) in [5.74, 6) is 0. The second kappa shape index (κ2) is 8.50. The predicted molar refractivity (Wildman–Crippen MR) is 110 cm³/mol. The molecule has 0 unspecified atom stereocenters. The zero-order chi connectivity index (χ0) is 17.5. The molecule has 0 atom stereocenters. The molecule has 0 spiro atoms. The van der Waals surface area contributed by atoms with Crippen LogP contribution in [-0.4, -0.2) is 5.71 Å². The van der Waals surface area contributed by atoms with Crippen molar-refractivity contribution in [1.82, 2.24) is 0 Å². The maximum absolute atomic E-state index is 4.81. The normalized spacial score (nSPS) is 11.8. The van der Waals surface area contributed by atoms with Crippen LogP contribution >= 0.6 is 11.8 Å². The third-order valence-corrected chi connectivity index (χ3v) is 4.81. The van der Waals surface area contributed by atoms with Crippen molar-refractivity contribution in [2.75, 3.05) is 0 Å². The third kappa shape index (κ3) is 4.94. The van der Waals surface area contributed by atoms with Crippen LogP contribution in [0.15, 0.2) is 100 Å². The smallest absolute Gasteiger partial charge is 0.0714 e. The van der Waals surface area contributed by atoms with Crippen molar-refractivity contribution in [1.29, 1.82) is 0 Å². The summed E-state index contributed by atoms with van der Waals surface area (Å²) < 4.78 is 0. The maximum atomic E-state index is 4.81. The highest BCUT2D eigenvalue weighted by Gasteiger charge is 2.01. The second-order valence-electron chi connectivity index (χ2n) is 5.89. The topological polar surface area (TPSA) is 12.4 Å². The van der Waals surface area contributed by atoms with Crippen LogP contribution < -0.4 is 0 Å². The molecule has 0 aliphatic heterocycles. The summed E-state index contributed by atoms with van der Waals surface area (Å²) in [6.45, 7) is 4.27. The van der Waals surface area contributed by atoms with Gasteiger partial charge in [0.25, 0.3) is 0 Å². The molecule has 0 radical (unpaired) electrons. The Hall–Kier alpha value is -2.58. The van der Waals surface area contributed by atoms with Gasteiger partial charge in [-0.2, -0.15) is 0 Å². The lowest BCUT2D eigenvalue weighted by Crippen LogP contribution is -1.95. The first-order chi connectivity index (χ1) is 12.2. The molecular formula is C23H21NS. The number of allylic oxidation sites excluding steroid dienone is 1. The fraction of sp³-hybridized carbons (Fsp3) is 0.0870. The minimum absolute atomic E-state index is 0.961. The molecule has 0 fully saturated rings. The van der Waals surface area contributed by atoms with E-state index >= 15 is 0 Å². The van der Waals surface area contributed by atoms with E-state index in [0.29, 0.717) is 0 Å². The lowest BCUT2D eigenvalue weighted by molar-refractivity contribution is 1.27. The Balaban J connectivity index is 1.86. The first kappa shape index (κ1) is 17.2. The van der Waals surface area contributed by atoms with Crippen LogP contribution in [0.1, 0.15) is 16.7 Å². The molecule has 0 aliphatic carbocycles. The number of aliphatic imine (C=N–C) groups is 1. The molecule has 0 aromatic heterocycles. The Labute approximate surface area is 154 Å². The van der Waals surface area contributed by atoms with Crippen LogP contribution in [0.3, 0.4) is 0 Å². The van der Waals surface area contributed by atoms with E-state index in [4.69, 9.17) is 4.99 Å². The highest BCUT2D eigenvalue weighted by Crippen LogP contribution is 2.24. The van der Waals surface area contributed by atoms with Gasteiger partial charge in [-0.25, -0.2) is 4.99 Å². The average molecular weight is 343 g/mol. The zero-order valence-electron chi connectivity index (χ0n) is 14.5. The van der Waals surface area contributed by atoms with E-state index in [9.17, 15) is 0 Å². The molecule has 0 saturated carbocycles. The van der Waals surface area contributed by atoms with E-state index in [0.717, 1.165) is 17.0 Å². The fourth-order valence-electron chi connectivity index (χ4n) is 2.55. The van der Waals surface area contributed by atoms with Gasteiger partial charge in [0.2, 0.25) is 0 Å². The van der Waals surface area contributed by atoms with Crippen LogP contribution in [0.25, 0.3) is 0 Å². The van der Waals surface area contributed by atoms with Gasteiger partial charge >= 0.3 is 0 Å². The number of para-hydroxylation sites is 1. The molecule has 0 N–H and O–H groups in total. The summed E-state index contributed by atoms with van der Waals surface area (Å²) in [4.78, 5) is 6.09. The van der Waals surface area contributed by atoms with Crippen molar-refractivity contribution in [2.45, 2.75) is 18.7 Å². The van der Waals surface area contributed by atoms with Crippen LogP contribution in [0, 0.1) is 13.8 Å². The van der Waals surface area contributed by atoms with E-state index in [1.54, 1.807) is 11.8 Å². The summed E-state index contributed by atoms with van der Waals surface area (Å²) in [6, 6.07) is 26.9. The predicted octanol–water partition coefficient (Wildman–Crippen LogP) is 6.73. The van der Waals surface area contributed by atoms with Crippen LogP contribution in [0.4, 0.5) is 5.69 Å². The molecule has 0 saturated heterocycles. The summed E-state index contributed by atoms with van der Waals surface area (Å²) in [5, 5.41) is 2.12. The van der Waals surface area contributed by atoms with E-state index in [2.05, 4.69) is 55.7 Å². The van der Waals surface area contributed by atoms with Gasteiger partial charge in [0.1, 0.15) is 0 Å². The zero-order valence-corrected chi connectivity index (χ0v) is 15.3. The quantitative estimate of drug-likeness (QED) is 0.369. The highest BCUT2D eigenvalue weighted by atomic mass is 32.2. The first-order valence-electron chi connectivity index (χ1n) is 8.32. The Morgan fingerprint density at radius 1 is 0.840 bits per heavy atom. The minimum atomic E-state index is 0.961. The number of rotatable bonds is 5. The fourth-order valence-corrected chi connectivity index (χ4v) is 3.29. The van der Waals surface area contributed by atoms with Gasteiger partial charge in [-0.15, -0.1) is 0 Å². The largest absolute Gasteiger partial charge is 0.248 e. The Kier molecular flexibility index (Phi) is 5.86. The van der Waals surface area contributed by atoms with Crippen molar-refractivity contribution in [3.8, 4) is 0 Å². The summed E-state index contributed by atoms with van der Waals surface area (Å²) in [7, 11) is 0. The number of benzene rings is 3. The summed E-state index contributed by atoms with van der Waals surface area (Å²) in [5.41, 5.74) is 5.63. The van der Waals surface area contributed by atoms with Crippen LogP contribution in [0.5, 0.6) is 0 Å². The summed E-state index contributed by atoms with van der Waals surface area (Å²) >= 11 is 1.73. The van der Waals surface area contributed by atoms with Crippen molar-refractivity contribution < 1.29 is 0 Å². The molecule has 2 heteroatoms.